The number of hydrogen-bond acceptors (Lipinski definition) is 6. The summed E-state index contributed by atoms with van der Waals surface area (Å²) in [5, 5.41) is 8.02. The Bertz CT molecular complexity index is 2820. The van der Waals surface area contributed by atoms with E-state index in [1.807, 2.05) is 46.2 Å². The van der Waals surface area contributed by atoms with Gasteiger partial charge in [-0.1, -0.05) is 96.3 Å². The second-order valence-corrected chi connectivity index (χ2v) is 17.6. The molecule has 0 saturated heterocycles. The molecule has 0 unspecified atom stereocenters. The summed E-state index contributed by atoms with van der Waals surface area (Å²) in [5.41, 5.74) is 7.34. The lowest BCUT2D eigenvalue weighted by Gasteiger charge is -2.32. The second-order valence-electron chi connectivity index (χ2n) is 13.3. The molecule has 2 aliphatic heterocycles. The highest BCUT2D eigenvalue weighted by Gasteiger charge is 2.27. The molecule has 0 fully saturated rings. The van der Waals surface area contributed by atoms with E-state index in [2.05, 4.69) is 168 Å². The van der Waals surface area contributed by atoms with Gasteiger partial charge < -0.3 is 9.80 Å². The molecule has 52 heavy (non-hydrogen) atoms. The lowest BCUT2D eigenvalue weighted by Crippen LogP contribution is -2.14. The predicted molar refractivity (Wildman–Crippen MR) is 227 cm³/mol. The molecule has 6 heteroatoms. The van der Waals surface area contributed by atoms with E-state index in [-0.39, 0.29) is 0 Å². The Morgan fingerprint density at radius 2 is 0.654 bits per heavy atom. The fraction of sp³-hybridized carbons (Fsp3) is 0. The number of benzene rings is 8. The van der Waals surface area contributed by atoms with Crippen molar-refractivity contribution >= 4 is 131 Å². The van der Waals surface area contributed by atoms with Crippen molar-refractivity contribution < 1.29 is 0 Å². The maximum Gasteiger partial charge on any atom is 0.0601 e. The van der Waals surface area contributed by atoms with Crippen LogP contribution in [0.25, 0.3) is 51.1 Å². The van der Waals surface area contributed by atoms with Crippen molar-refractivity contribution in [1.29, 1.82) is 0 Å². The van der Waals surface area contributed by atoms with Gasteiger partial charge in [0.05, 0.1) is 22.7 Å². The number of nitrogens with zero attached hydrogens (tertiary/aromatic N) is 2. The molecule has 2 aliphatic rings. The van der Waals surface area contributed by atoms with E-state index in [0.717, 1.165) is 0 Å². The van der Waals surface area contributed by atoms with E-state index in [1.54, 1.807) is 0 Å². The van der Waals surface area contributed by atoms with E-state index in [4.69, 9.17) is 0 Å². The van der Waals surface area contributed by atoms with E-state index in [1.165, 1.54) is 105 Å². The van der Waals surface area contributed by atoms with E-state index >= 15 is 0 Å². The summed E-state index contributed by atoms with van der Waals surface area (Å²) in [6, 6.07) is 58.5. The molecule has 0 spiro atoms. The Hall–Kier alpha value is -5.24. The number of anilines is 6. The van der Waals surface area contributed by atoms with Crippen LogP contribution in [0.3, 0.4) is 0 Å². The zero-order chi connectivity index (χ0) is 33.9. The van der Waals surface area contributed by atoms with Gasteiger partial charge in [0.2, 0.25) is 0 Å². The number of para-hydroxylation sites is 4. The fourth-order valence-corrected chi connectivity index (χ4v) is 12.6. The summed E-state index contributed by atoms with van der Waals surface area (Å²) in [7, 11) is 0. The molecule has 0 saturated carbocycles. The highest BCUT2D eigenvalue weighted by molar-refractivity contribution is 8.00. The zero-order valence-corrected chi connectivity index (χ0v) is 30.8. The van der Waals surface area contributed by atoms with Gasteiger partial charge in [0, 0.05) is 71.3 Å². The second kappa shape index (κ2) is 11.1. The van der Waals surface area contributed by atoms with Gasteiger partial charge in [0.1, 0.15) is 0 Å². The maximum absolute atomic E-state index is 2.43. The quantitative estimate of drug-likeness (QED) is 0.174. The summed E-state index contributed by atoms with van der Waals surface area (Å²) in [5.74, 6) is 0. The SMILES string of the molecule is c1ccc2c(c1)Sc1ccccc1N2c1ccc2c(c1)sc1ccc3c(ccc4sc5cc(N6c7ccccc7Sc7ccccc76)ccc5c43)c12. The molecular weight excluding hydrogens is 709 g/mol. The lowest BCUT2D eigenvalue weighted by molar-refractivity contribution is 1.17. The minimum atomic E-state index is 1.20. The van der Waals surface area contributed by atoms with Crippen molar-refractivity contribution in [2.75, 3.05) is 9.80 Å². The lowest BCUT2D eigenvalue weighted by atomic mass is 9.99. The Morgan fingerprint density at radius 3 is 1.04 bits per heavy atom. The van der Waals surface area contributed by atoms with Gasteiger partial charge in [-0.25, -0.2) is 0 Å². The minimum Gasteiger partial charge on any atom is -0.308 e. The summed E-state index contributed by atoms with van der Waals surface area (Å²) in [6.45, 7) is 0. The molecule has 244 valence electrons. The maximum atomic E-state index is 2.43. The standard InChI is InChI=1S/C46H26N2S4/c1-5-13-37-33(9-1)47(34-10-2-6-14-38(34)49-37)27-17-19-31-43(25-27)51-41-23-21-30-29(45(31)41)22-24-42-46(30)32-20-18-28(26-44(32)52-42)48-35-11-3-7-15-39(35)50-40-16-8-4-12-36(40)48/h1-26H. The topological polar surface area (TPSA) is 6.48 Å². The Kier molecular flexibility index (Phi) is 6.28. The first-order valence-electron chi connectivity index (χ1n) is 17.3. The van der Waals surface area contributed by atoms with Crippen LogP contribution in [0.1, 0.15) is 0 Å². The van der Waals surface area contributed by atoms with Crippen LogP contribution in [0, 0.1) is 0 Å². The number of fused-ring (bicyclic) bond motifs is 13. The molecule has 0 N–H and O–H groups in total. The normalized spacial score (nSPS) is 13.5. The summed E-state index contributed by atoms with van der Waals surface area (Å²) < 4.78 is 5.29. The van der Waals surface area contributed by atoms with Crippen molar-refractivity contribution in [1.82, 2.24) is 0 Å². The number of hydrogen-bond donors (Lipinski definition) is 0. The molecule has 0 amide bonds. The molecule has 8 aromatic carbocycles. The monoisotopic (exact) mass is 734 g/mol. The van der Waals surface area contributed by atoms with Crippen molar-refractivity contribution in [3.63, 3.8) is 0 Å². The third kappa shape index (κ3) is 4.21. The molecule has 0 bridgehead atoms. The Balaban J connectivity index is 1.01. The van der Waals surface area contributed by atoms with Crippen LogP contribution in [0.4, 0.5) is 34.1 Å². The van der Waals surface area contributed by atoms with Crippen LogP contribution in [0.2, 0.25) is 0 Å². The Morgan fingerprint density at radius 1 is 0.308 bits per heavy atom. The van der Waals surface area contributed by atoms with E-state index in [0.29, 0.717) is 0 Å². The first kappa shape index (κ1) is 29.3. The molecular formula is C46H26N2S4. The smallest absolute Gasteiger partial charge is 0.0601 e. The van der Waals surface area contributed by atoms with Gasteiger partial charge >= 0.3 is 0 Å². The average Bonchev–Trinajstić information content (AvgIpc) is 3.76. The molecule has 0 atom stereocenters. The Labute approximate surface area is 316 Å². The van der Waals surface area contributed by atoms with Crippen molar-refractivity contribution in [3.05, 3.63) is 158 Å². The van der Waals surface area contributed by atoms with Gasteiger partial charge in [-0.2, -0.15) is 0 Å². The van der Waals surface area contributed by atoms with Crippen LogP contribution in [0.5, 0.6) is 0 Å². The third-order valence-corrected chi connectivity index (χ3v) is 14.9. The molecule has 10 aromatic rings. The van der Waals surface area contributed by atoms with Gasteiger partial charge in [-0.05, 0) is 95.7 Å². The van der Waals surface area contributed by atoms with Crippen LogP contribution in [-0.2, 0) is 0 Å². The molecule has 4 heterocycles. The molecule has 0 aliphatic carbocycles. The highest BCUT2D eigenvalue weighted by atomic mass is 32.2. The average molecular weight is 735 g/mol. The summed E-state index contributed by atoms with van der Waals surface area (Å²) in [6.07, 6.45) is 0. The number of rotatable bonds is 2. The van der Waals surface area contributed by atoms with E-state index < -0.39 is 0 Å². The first-order valence-corrected chi connectivity index (χ1v) is 20.6. The molecule has 12 rings (SSSR count). The van der Waals surface area contributed by atoms with Crippen molar-refractivity contribution in [2.45, 2.75) is 19.6 Å². The predicted octanol–water partition coefficient (Wildman–Crippen LogP) is 15.4. The molecule has 2 aromatic heterocycles. The largest absolute Gasteiger partial charge is 0.308 e. The fourth-order valence-electron chi connectivity index (χ4n) is 8.18. The summed E-state index contributed by atoms with van der Waals surface area (Å²) in [4.78, 5) is 10.00. The van der Waals surface area contributed by atoms with Crippen LogP contribution < -0.4 is 9.80 Å². The molecule has 0 radical (unpaired) electrons. The van der Waals surface area contributed by atoms with E-state index in [9.17, 15) is 0 Å². The number of thiophene rings is 2. The summed E-state index contributed by atoms with van der Waals surface area (Å²) >= 11 is 7.50. The molecule has 2 nitrogen and oxygen atoms in total. The first-order chi connectivity index (χ1) is 25.8. The van der Waals surface area contributed by atoms with Crippen molar-refractivity contribution in [3.8, 4) is 0 Å². The third-order valence-electron chi connectivity index (χ3n) is 10.4. The van der Waals surface area contributed by atoms with Crippen LogP contribution >= 0.6 is 46.2 Å². The van der Waals surface area contributed by atoms with Gasteiger partial charge in [-0.3, -0.25) is 0 Å². The van der Waals surface area contributed by atoms with Gasteiger partial charge in [0.15, 0.2) is 0 Å². The van der Waals surface area contributed by atoms with Gasteiger partial charge in [0.25, 0.3) is 0 Å². The van der Waals surface area contributed by atoms with Crippen molar-refractivity contribution in [2.24, 2.45) is 0 Å². The van der Waals surface area contributed by atoms with Gasteiger partial charge in [-0.15, -0.1) is 22.7 Å². The van der Waals surface area contributed by atoms with Crippen LogP contribution in [-0.4, -0.2) is 0 Å². The highest BCUT2D eigenvalue weighted by Crippen LogP contribution is 2.54. The van der Waals surface area contributed by atoms with Crippen LogP contribution in [0.15, 0.2) is 177 Å². The zero-order valence-electron chi connectivity index (χ0n) is 27.5. The minimum absolute atomic E-state index is 1.20.